The monoisotopic (exact) mass is 320 g/mol. The summed E-state index contributed by atoms with van der Waals surface area (Å²) in [5.74, 6) is -0.196. The molecule has 1 aromatic carbocycles. The van der Waals surface area contributed by atoms with Crippen molar-refractivity contribution in [3.8, 4) is 5.75 Å². The number of halogens is 3. The van der Waals surface area contributed by atoms with Crippen molar-refractivity contribution >= 4 is 21.7 Å². The van der Waals surface area contributed by atoms with Crippen LogP contribution < -0.4 is 4.74 Å². The van der Waals surface area contributed by atoms with Crippen LogP contribution in [0.2, 0.25) is 0 Å². The standard InChI is InChI=1S/C13H15BrF2O2/c14-9-5-1-2-7-11(17)10-6-3-4-8-12(10)18-13(15)16/h3-4,6,8,13H,1-2,5,7,9H2. The summed E-state index contributed by atoms with van der Waals surface area (Å²) in [7, 11) is 0. The fourth-order valence-corrected chi connectivity index (χ4v) is 1.98. The minimum absolute atomic E-state index is 0.0435. The number of alkyl halides is 3. The van der Waals surface area contributed by atoms with Gasteiger partial charge in [-0.25, -0.2) is 0 Å². The fraction of sp³-hybridized carbons (Fsp3) is 0.462. The smallest absolute Gasteiger partial charge is 0.387 e. The van der Waals surface area contributed by atoms with Gasteiger partial charge in [0.1, 0.15) is 5.75 Å². The van der Waals surface area contributed by atoms with E-state index < -0.39 is 6.61 Å². The first-order valence-corrected chi connectivity index (χ1v) is 6.90. The van der Waals surface area contributed by atoms with Crippen molar-refractivity contribution in [2.45, 2.75) is 32.3 Å². The third-order valence-corrected chi connectivity index (χ3v) is 3.00. The summed E-state index contributed by atoms with van der Waals surface area (Å²) >= 11 is 3.31. The number of ether oxygens (including phenoxy) is 1. The van der Waals surface area contributed by atoms with Crippen molar-refractivity contribution in [1.82, 2.24) is 0 Å². The molecule has 0 atom stereocenters. The van der Waals surface area contributed by atoms with E-state index >= 15 is 0 Å². The minimum atomic E-state index is -2.91. The molecular formula is C13H15BrF2O2. The highest BCUT2D eigenvalue weighted by atomic mass is 79.9. The summed E-state index contributed by atoms with van der Waals surface area (Å²) in [5, 5.41) is 0.909. The normalized spacial score (nSPS) is 10.7. The van der Waals surface area contributed by atoms with Crippen LogP contribution >= 0.6 is 15.9 Å². The van der Waals surface area contributed by atoms with Gasteiger partial charge in [0.15, 0.2) is 5.78 Å². The zero-order valence-corrected chi connectivity index (χ0v) is 11.5. The summed E-state index contributed by atoms with van der Waals surface area (Å²) in [6, 6.07) is 6.12. The molecule has 0 heterocycles. The Morgan fingerprint density at radius 3 is 2.61 bits per heavy atom. The minimum Gasteiger partial charge on any atom is -0.434 e. The van der Waals surface area contributed by atoms with Crippen LogP contribution in [0.3, 0.4) is 0 Å². The number of ketones is 1. The molecule has 0 aliphatic carbocycles. The summed E-state index contributed by atoms with van der Waals surface area (Å²) in [6.07, 6.45) is 3.06. The van der Waals surface area contributed by atoms with Gasteiger partial charge in [-0.2, -0.15) is 8.78 Å². The predicted molar refractivity (Wildman–Crippen MR) is 69.7 cm³/mol. The first-order chi connectivity index (χ1) is 8.65. The Bertz CT molecular complexity index is 383. The topological polar surface area (TPSA) is 26.3 Å². The number of para-hydroxylation sites is 1. The van der Waals surface area contributed by atoms with Crippen LogP contribution in [0, 0.1) is 0 Å². The number of hydrogen-bond donors (Lipinski definition) is 0. The molecule has 0 unspecified atom stereocenters. The molecule has 5 heteroatoms. The van der Waals surface area contributed by atoms with E-state index in [0.717, 1.165) is 24.6 Å². The van der Waals surface area contributed by atoms with Gasteiger partial charge in [0.25, 0.3) is 0 Å². The van der Waals surface area contributed by atoms with E-state index in [1.54, 1.807) is 12.1 Å². The average molecular weight is 321 g/mol. The van der Waals surface area contributed by atoms with Gasteiger partial charge in [0, 0.05) is 11.8 Å². The molecule has 0 bridgehead atoms. The van der Waals surface area contributed by atoms with Crippen molar-refractivity contribution < 1.29 is 18.3 Å². The Labute approximate surface area is 113 Å². The molecule has 0 spiro atoms. The lowest BCUT2D eigenvalue weighted by Gasteiger charge is -2.09. The van der Waals surface area contributed by atoms with Crippen LogP contribution in [0.25, 0.3) is 0 Å². The molecule has 1 aromatic rings. The van der Waals surface area contributed by atoms with Crippen LogP contribution in [0.4, 0.5) is 8.78 Å². The van der Waals surface area contributed by atoms with Gasteiger partial charge >= 0.3 is 6.61 Å². The van der Waals surface area contributed by atoms with Crippen molar-refractivity contribution in [1.29, 1.82) is 0 Å². The lowest BCUT2D eigenvalue weighted by Crippen LogP contribution is -2.08. The molecule has 0 aliphatic heterocycles. The van der Waals surface area contributed by atoms with Crippen LogP contribution in [0.15, 0.2) is 24.3 Å². The summed E-state index contributed by atoms with van der Waals surface area (Å²) in [4.78, 5) is 11.9. The van der Waals surface area contributed by atoms with E-state index in [9.17, 15) is 13.6 Å². The summed E-state index contributed by atoms with van der Waals surface area (Å²) in [5.41, 5.74) is 0.233. The Morgan fingerprint density at radius 1 is 1.22 bits per heavy atom. The van der Waals surface area contributed by atoms with E-state index in [4.69, 9.17) is 0 Å². The second kappa shape index (κ2) is 8.19. The van der Waals surface area contributed by atoms with Gasteiger partial charge in [0.05, 0.1) is 5.56 Å². The van der Waals surface area contributed by atoms with Gasteiger partial charge in [-0.15, -0.1) is 0 Å². The predicted octanol–water partition coefficient (Wildman–Crippen LogP) is 4.43. The maximum atomic E-state index is 12.2. The number of carbonyl (C=O) groups is 1. The van der Waals surface area contributed by atoms with Crippen molar-refractivity contribution in [2.75, 3.05) is 5.33 Å². The molecule has 0 N–H and O–H groups in total. The Morgan fingerprint density at radius 2 is 1.94 bits per heavy atom. The van der Waals surface area contributed by atoms with Crippen LogP contribution in [0.1, 0.15) is 36.0 Å². The fourth-order valence-electron chi connectivity index (χ4n) is 1.59. The quantitative estimate of drug-likeness (QED) is 0.402. The third-order valence-electron chi connectivity index (χ3n) is 2.44. The average Bonchev–Trinajstić information content (AvgIpc) is 2.34. The zero-order valence-electron chi connectivity index (χ0n) is 9.87. The second-order valence-corrected chi connectivity index (χ2v) is 4.59. The summed E-state index contributed by atoms with van der Waals surface area (Å²) < 4.78 is 28.7. The number of carbonyl (C=O) groups excluding carboxylic acids is 1. The highest BCUT2D eigenvalue weighted by molar-refractivity contribution is 9.09. The van der Waals surface area contributed by atoms with E-state index in [0.29, 0.717) is 6.42 Å². The maximum Gasteiger partial charge on any atom is 0.387 e. The number of benzene rings is 1. The molecule has 1 rings (SSSR count). The van der Waals surface area contributed by atoms with Gasteiger partial charge < -0.3 is 4.74 Å². The van der Waals surface area contributed by atoms with Crippen LogP contribution in [-0.2, 0) is 0 Å². The van der Waals surface area contributed by atoms with Gasteiger partial charge in [-0.05, 0) is 25.0 Å². The molecule has 0 aliphatic rings. The van der Waals surface area contributed by atoms with E-state index in [-0.39, 0.29) is 17.1 Å². The molecule has 0 saturated heterocycles. The molecule has 0 amide bonds. The molecule has 0 aromatic heterocycles. The number of hydrogen-bond acceptors (Lipinski definition) is 2. The molecule has 18 heavy (non-hydrogen) atoms. The number of unbranched alkanes of at least 4 members (excludes halogenated alkanes) is 2. The first-order valence-electron chi connectivity index (χ1n) is 5.78. The molecular weight excluding hydrogens is 306 g/mol. The van der Waals surface area contributed by atoms with Gasteiger partial charge in [-0.3, -0.25) is 4.79 Å². The van der Waals surface area contributed by atoms with Gasteiger partial charge in [0.2, 0.25) is 0 Å². The number of rotatable bonds is 8. The van der Waals surface area contributed by atoms with E-state index in [2.05, 4.69) is 20.7 Å². The molecule has 0 saturated carbocycles. The third kappa shape index (κ3) is 5.12. The molecule has 2 nitrogen and oxygen atoms in total. The molecule has 0 radical (unpaired) electrons. The number of Topliss-reactive ketones (excluding diaryl/α,β-unsaturated/α-hetero) is 1. The van der Waals surface area contributed by atoms with Crippen molar-refractivity contribution in [3.05, 3.63) is 29.8 Å². The molecule has 0 fully saturated rings. The van der Waals surface area contributed by atoms with Gasteiger partial charge in [-0.1, -0.05) is 34.5 Å². The van der Waals surface area contributed by atoms with Crippen molar-refractivity contribution in [3.63, 3.8) is 0 Å². The Hall–Kier alpha value is -0.970. The first kappa shape index (κ1) is 15.1. The van der Waals surface area contributed by atoms with E-state index in [1.807, 2.05) is 0 Å². The Kier molecular flexibility index (Phi) is 6.86. The SMILES string of the molecule is O=C(CCCCCBr)c1ccccc1OC(F)F. The van der Waals surface area contributed by atoms with Crippen LogP contribution in [0.5, 0.6) is 5.75 Å². The zero-order chi connectivity index (χ0) is 13.4. The van der Waals surface area contributed by atoms with Crippen LogP contribution in [-0.4, -0.2) is 17.7 Å². The molecule has 100 valence electrons. The second-order valence-electron chi connectivity index (χ2n) is 3.80. The maximum absolute atomic E-state index is 12.2. The van der Waals surface area contributed by atoms with E-state index in [1.165, 1.54) is 12.1 Å². The largest absolute Gasteiger partial charge is 0.434 e. The Balaban J connectivity index is 2.61. The van der Waals surface area contributed by atoms with Crippen molar-refractivity contribution in [2.24, 2.45) is 0 Å². The lowest BCUT2D eigenvalue weighted by molar-refractivity contribution is -0.0501. The highest BCUT2D eigenvalue weighted by Gasteiger charge is 2.14. The lowest BCUT2D eigenvalue weighted by atomic mass is 10.0. The summed E-state index contributed by atoms with van der Waals surface area (Å²) in [6.45, 7) is -2.91. The highest BCUT2D eigenvalue weighted by Crippen LogP contribution is 2.22.